The Hall–Kier alpha value is -1.99. The number of halogens is 1. The van der Waals surface area contributed by atoms with Crippen molar-refractivity contribution in [1.29, 1.82) is 0 Å². The molecule has 7 heteroatoms. The number of nitrogens with two attached hydrogens (primary N) is 1. The second-order valence-corrected chi connectivity index (χ2v) is 6.29. The Morgan fingerprint density at radius 1 is 1.30 bits per heavy atom. The van der Waals surface area contributed by atoms with E-state index in [4.69, 9.17) is 5.73 Å². The first-order chi connectivity index (χ1) is 9.43. The van der Waals surface area contributed by atoms with E-state index in [1.54, 1.807) is 24.5 Å². The van der Waals surface area contributed by atoms with Crippen LogP contribution in [-0.4, -0.2) is 24.8 Å². The predicted molar refractivity (Wildman–Crippen MR) is 73.7 cm³/mol. The van der Waals surface area contributed by atoms with Crippen LogP contribution < -0.4 is 5.73 Å². The number of anilines is 1. The Morgan fingerprint density at radius 3 is 2.70 bits per heavy atom. The lowest BCUT2D eigenvalue weighted by molar-refractivity contribution is 0.466. The van der Waals surface area contributed by atoms with Crippen LogP contribution in [0, 0.1) is 5.82 Å². The van der Waals surface area contributed by atoms with Crippen molar-refractivity contribution >= 4 is 15.7 Å². The molecule has 0 aliphatic heterocycles. The maximum atomic E-state index is 13.4. The molecule has 0 unspecified atom stereocenters. The molecule has 0 aliphatic carbocycles. The van der Waals surface area contributed by atoms with Crippen molar-refractivity contribution in [3.63, 3.8) is 0 Å². The van der Waals surface area contributed by atoms with Crippen LogP contribution in [0.4, 0.5) is 10.1 Å². The van der Waals surface area contributed by atoms with Gasteiger partial charge >= 0.3 is 0 Å². The maximum absolute atomic E-state index is 13.4. The summed E-state index contributed by atoms with van der Waals surface area (Å²) in [6, 6.07) is 7.19. The van der Waals surface area contributed by atoms with Gasteiger partial charge in [-0.15, -0.1) is 0 Å². The molecular weight excluding hydrogens is 281 g/mol. The van der Waals surface area contributed by atoms with E-state index in [0.717, 1.165) is 15.9 Å². The summed E-state index contributed by atoms with van der Waals surface area (Å²) in [6.45, 7) is 0.131. The molecule has 0 amide bonds. The minimum Gasteiger partial charge on any atom is -0.395 e. The molecule has 106 valence electrons. The van der Waals surface area contributed by atoms with Gasteiger partial charge in [0.2, 0.25) is 10.0 Å². The summed E-state index contributed by atoms with van der Waals surface area (Å²) in [5, 5.41) is 0. The molecule has 2 aromatic rings. The van der Waals surface area contributed by atoms with Gasteiger partial charge in [-0.2, -0.15) is 4.31 Å². The molecule has 5 nitrogen and oxygen atoms in total. The molecule has 0 atom stereocenters. The molecule has 1 heterocycles. The molecule has 0 aliphatic rings. The van der Waals surface area contributed by atoms with Crippen LogP contribution in [0.15, 0.2) is 47.6 Å². The normalized spacial score (nSPS) is 11.8. The molecule has 2 rings (SSSR count). The summed E-state index contributed by atoms with van der Waals surface area (Å²) in [4.78, 5) is 3.69. The average molecular weight is 295 g/mol. The molecule has 0 spiro atoms. The largest absolute Gasteiger partial charge is 0.395 e. The molecule has 1 aromatic heterocycles. The summed E-state index contributed by atoms with van der Waals surface area (Å²) in [5.41, 5.74) is 5.87. The Labute approximate surface area is 116 Å². The van der Waals surface area contributed by atoms with Gasteiger partial charge in [-0.05, 0) is 23.8 Å². The Kier molecular flexibility index (Phi) is 4.01. The fraction of sp³-hybridized carbons (Fsp3) is 0.154. The highest BCUT2D eigenvalue weighted by atomic mass is 32.2. The average Bonchev–Trinajstić information content (AvgIpc) is 2.42. The first-order valence-corrected chi connectivity index (χ1v) is 7.26. The topological polar surface area (TPSA) is 76.3 Å². The van der Waals surface area contributed by atoms with Gasteiger partial charge in [0.05, 0.1) is 5.69 Å². The highest BCUT2D eigenvalue weighted by Gasteiger charge is 2.24. The predicted octanol–water partition coefficient (Wildman–Crippen LogP) is 1.62. The minimum atomic E-state index is -3.85. The van der Waals surface area contributed by atoms with E-state index in [9.17, 15) is 12.8 Å². The molecule has 0 radical (unpaired) electrons. The molecule has 0 fully saturated rings. The summed E-state index contributed by atoms with van der Waals surface area (Å²) in [5.74, 6) is -0.749. The van der Waals surface area contributed by atoms with E-state index in [2.05, 4.69) is 4.98 Å². The van der Waals surface area contributed by atoms with Gasteiger partial charge in [0.15, 0.2) is 0 Å². The smallest absolute Gasteiger partial charge is 0.245 e. The number of benzene rings is 1. The van der Waals surface area contributed by atoms with Gasteiger partial charge in [0, 0.05) is 26.0 Å². The zero-order valence-electron chi connectivity index (χ0n) is 10.8. The van der Waals surface area contributed by atoms with Crippen LogP contribution in [0.3, 0.4) is 0 Å². The molecule has 2 N–H and O–H groups in total. The second kappa shape index (κ2) is 5.56. The maximum Gasteiger partial charge on any atom is 0.245 e. The third kappa shape index (κ3) is 2.78. The quantitative estimate of drug-likeness (QED) is 0.870. The number of hydrogen-bond donors (Lipinski definition) is 1. The third-order valence-electron chi connectivity index (χ3n) is 2.83. The van der Waals surface area contributed by atoms with Gasteiger partial charge < -0.3 is 5.73 Å². The first kappa shape index (κ1) is 14.4. The summed E-state index contributed by atoms with van der Waals surface area (Å²) in [7, 11) is -2.44. The van der Waals surface area contributed by atoms with E-state index < -0.39 is 15.8 Å². The number of pyridine rings is 1. The molecule has 1 aromatic carbocycles. The van der Waals surface area contributed by atoms with Gasteiger partial charge in [0.1, 0.15) is 10.7 Å². The van der Waals surface area contributed by atoms with E-state index in [0.29, 0.717) is 0 Å². The van der Waals surface area contributed by atoms with Crippen molar-refractivity contribution in [1.82, 2.24) is 9.29 Å². The lowest BCUT2D eigenvalue weighted by Crippen LogP contribution is -2.27. The lowest BCUT2D eigenvalue weighted by atomic mass is 10.3. The Bertz CT molecular complexity index is 705. The van der Waals surface area contributed by atoms with Crippen molar-refractivity contribution < 1.29 is 12.8 Å². The van der Waals surface area contributed by atoms with Crippen LogP contribution in [0.5, 0.6) is 0 Å². The van der Waals surface area contributed by atoms with Crippen molar-refractivity contribution in [2.45, 2.75) is 11.4 Å². The third-order valence-corrected chi connectivity index (χ3v) is 4.69. The monoisotopic (exact) mass is 295 g/mol. The number of sulfonamides is 1. The number of nitrogens with zero attached hydrogens (tertiary/aromatic N) is 2. The summed E-state index contributed by atoms with van der Waals surface area (Å²) < 4.78 is 39.2. The van der Waals surface area contributed by atoms with Gasteiger partial charge in [0.25, 0.3) is 0 Å². The molecule has 20 heavy (non-hydrogen) atoms. The molecule has 0 saturated heterocycles. The molecule has 0 bridgehead atoms. The van der Waals surface area contributed by atoms with Crippen molar-refractivity contribution in [2.75, 3.05) is 12.8 Å². The zero-order valence-corrected chi connectivity index (χ0v) is 11.6. The van der Waals surface area contributed by atoms with E-state index in [1.165, 1.54) is 19.2 Å². The van der Waals surface area contributed by atoms with Crippen molar-refractivity contribution in [2.24, 2.45) is 0 Å². The van der Waals surface area contributed by atoms with Crippen molar-refractivity contribution in [3.8, 4) is 0 Å². The zero-order chi connectivity index (χ0) is 14.8. The molecule has 0 saturated carbocycles. The minimum absolute atomic E-state index is 0.131. The van der Waals surface area contributed by atoms with Crippen LogP contribution in [0.1, 0.15) is 5.56 Å². The Morgan fingerprint density at radius 2 is 2.05 bits per heavy atom. The number of aromatic nitrogens is 1. The SMILES string of the molecule is CN(Cc1cccnc1)S(=O)(=O)c1cccc(F)c1N. The fourth-order valence-electron chi connectivity index (χ4n) is 1.74. The van der Waals surface area contributed by atoms with E-state index in [1.807, 2.05) is 0 Å². The number of hydrogen-bond acceptors (Lipinski definition) is 4. The number of nitrogen functional groups attached to an aromatic ring is 1. The standard InChI is InChI=1S/C13H14FN3O2S/c1-17(9-10-4-3-7-16-8-10)20(18,19)12-6-2-5-11(14)13(12)15/h2-8H,9,15H2,1H3. The van der Waals surface area contributed by atoms with Gasteiger partial charge in [-0.25, -0.2) is 12.8 Å². The highest BCUT2D eigenvalue weighted by Crippen LogP contribution is 2.24. The van der Waals surface area contributed by atoms with Crippen LogP contribution >= 0.6 is 0 Å². The number of para-hydroxylation sites is 1. The summed E-state index contributed by atoms with van der Waals surface area (Å²) in [6.07, 6.45) is 3.17. The fourth-order valence-corrected chi connectivity index (χ4v) is 3.02. The van der Waals surface area contributed by atoms with Gasteiger partial charge in [-0.1, -0.05) is 12.1 Å². The van der Waals surface area contributed by atoms with Gasteiger partial charge in [-0.3, -0.25) is 4.98 Å². The van der Waals surface area contributed by atoms with Crippen LogP contribution in [0.2, 0.25) is 0 Å². The second-order valence-electron chi connectivity index (χ2n) is 4.27. The first-order valence-electron chi connectivity index (χ1n) is 5.82. The number of rotatable bonds is 4. The van der Waals surface area contributed by atoms with Crippen molar-refractivity contribution in [3.05, 3.63) is 54.1 Å². The Balaban J connectivity index is 2.33. The van der Waals surface area contributed by atoms with Crippen LogP contribution in [0.25, 0.3) is 0 Å². The summed E-state index contributed by atoms with van der Waals surface area (Å²) >= 11 is 0. The van der Waals surface area contributed by atoms with E-state index >= 15 is 0 Å². The highest BCUT2D eigenvalue weighted by molar-refractivity contribution is 7.89. The lowest BCUT2D eigenvalue weighted by Gasteiger charge is -2.18. The van der Waals surface area contributed by atoms with E-state index in [-0.39, 0.29) is 17.1 Å². The van der Waals surface area contributed by atoms with Crippen LogP contribution in [-0.2, 0) is 16.6 Å². The molecular formula is C13H14FN3O2S.